The first-order chi connectivity index (χ1) is 8.56. The topological polar surface area (TPSA) is 62.4 Å². The summed E-state index contributed by atoms with van der Waals surface area (Å²) in [6.45, 7) is 0. The maximum atomic E-state index is 9.22. The minimum Gasteiger partial charge on any atom is -0.508 e. The highest BCUT2D eigenvalue weighted by Crippen LogP contribution is 2.23. The normalized spacial score (nSPS) is 12.4. The Morgan fingerprint density at radius 2 is 2.00 bits per heavy atom. The zero-order valence-electron chi connectivity index (χ0n) is 10.5. The highest BCUT2D eigenvalue weighted by molar-refractivity contribution is 7.13. The van der Waals surface area contributed by atoms with Gasteiger partial charge in [0.25, 0.3) is 0 Å². The largest absolute Gasteiger partial charge is 0.508 e. The van der Waals surface area contributed by atoms with Gasteiger partial charge in [-0.25, -0.2) is 4.98 Å². The summed E-state index contributed by atoms with van der Waals surface area (Å²) in [4.78, 5) is 6.47. The molecule has 1 aromatic heterocycles. The lowest BCUT2D eigenvalue weighted by Crippen LogP contribution is -2.14. The zero-order chi connectivity index (χ0) is 13.1. The van der Waals surface area contributed by atoms with Crippen molar-refractivity contribution in [1.82, 2.24) is 4.98 Å². The van der Waals surface area contributed by atoms with Crippen LogP contribution in [-0.2, 0) is 6.42 Å². The van der Waals surface area contributed by atoms with Crippen molar-refractivity contribution >= 4 is 16.5 Å². The molecule has 18 heavy (non-hydrogen) atoms. The fraction of sp³-hybridized carbons (Fsp3) is 0.308. The number of benzene rings is 1. The Hall–Kier alpha value is -1.59. The van der Waals surface area contributed by atoms with E-state index in [4.69, 9.17) is 5.73 Å². The van der Waals surface area contributed by atoms with E-state index < -0.39 is 0 Å². The van der Waals surface area contributed by atoms with Crippen molar-refractivity contribution in [3.63, 3.8) is 0 Å². The van der Waals surface area contributed by atoms with E-state index in [1.807, 2.05) is 36.5 Å². The minimum absolute atomic E-state index is 0.112. The molecule has 5 heteroatoms. The number of hydrogen-bond acceptors (Lipinski definition) is 5. The lowest BCUT2D eigenvalue weighted by Gasteiger charge is -2.10. The number of phenolic OH excluding ortho intramolecular Hbond substituents is 1. The highest BCUT2D eigenvalue weighted by atomic mass is 32.1. The Bertz CT molecular complexity index is 507. The molecule has 0 spiro atoms. The fourth-order valence-corrected chi connectivity index (χ4v) is 2.47. The molecule has 0 bridgehead atoms. The van der Waals surface area contributed by atoms with Crippen molar-refractivity contribution in [3.05, 3.63) is 40.9 Å². The number of thiazole rings is 1. The molecular formula is C13H17N3OS. The van der Waals surface area contributed by atoms with Crippen LogP contribution in [0, 0.1) is 0 Å². The van der Waals surface area contributed by atoms with E-state index in [2.05, 4.69) is 4.98 Å². The van der Waals surface area contributed by atoms with Crippen LogP contribution >= 0.6 is 11.3 Å². The van der Waals surface area contributed by atoms with Crippen molar-refractivity contribution in [1.29, 1.82) is 0 Å². The number of hydrogen-bond donors (Lipinski definition) is 2. The van der Waals surface area contributed by atoms with Crippen molar-refractivity contribution in [2.24, 2.45) is 5.73 Å². The number of aromatic hydroxyl groups is 1. The predicted octanol–water partition coefficient (Wildman–Crippen LogP) is 2.16. The standard InChI is InChI=1S/C13H17N3OS/c1-16(2)13-15-12(8-18-13)11(14)7-9-3-5-10(17)6-4-9/h3-6,8,11,17H,7,14H2,1-2H3/t11-/m0/s1. The third-order valence-corrected chi connectivity index (χ3v) is 3.69. The molecule has 2 aromatic rings. The Kier molecular flexibility index (Phi) is 3.84. The molecule has 0 aliphatic heterocycles. The molecular weight excluding hydrogens is 246 g/mol. The maximum Gasteiger partial charge on any atom is 0.185 e. The van der Waals surface area contributed by atoms with Gasteiger partial charge in [0.15, 0.2) is 5.13 Å². The Balaban J connectivity index is 2.06. The highest BCUT2D eigenvalue weighted by Gasteiger charge is 2.12. The van der Waals surface area contributed by atoms with Crippen LogP contribution in [0.25, 0.3) is 0 Å². The summed E-state index contributed by atoms with van der Waals surface area (Å²) in [5, 5.41) is 12.2. The summed E-state index contributed by atoms with van der Waals surface area (Å²) >= 11 is 1.59. The molecule has 0 fully saturated rings. The van der Waals surface area contributed by atoms with Gasteiger partial charge in [0.2, 0.25) is 0 Å². The van der Waals surface area contributed by atoms with E-state index >= 15 is 0 Å². The Morgan fingerprint density at radius 3 is 2.56 bits per heavy atom. The third kappa shape index (κ3) is 3.00. The van der Waals surface area contributed by atoms with Gasteiger partial charge in [-0.05, 0) is 24.1 Å². The molecule has 1 aromatic carbocycles. The van der Waals surface area contributed by atoms with Crippen LogP contribution in [0.1, 0.15) is 17.3 Å². The van der Waals surface area contributed by atoms with E-state index in [1.165, 1.54) is 0 Å². The Labute approximate surface area is 111 Å². The van der Waals surface area contributed by atoms with Gasteiger partial charge in [-0.1, -0.05) is 12.1 Å². The molecule has 4 nitrogen and oxygen atoms in total. The van der Waals surface area contributed by atoms with E-state index in [-0.39, 0.29) is 11.8 Å². The van der Waals surface area contributed by atoms with Gasteiger partial charge in [0, 0.05) is 19.5 Å². The number of phenols is 1. The van der Waals surface area contributed by atoms with E-state index in [9.17, 15) is 5.11 Å². The van der Waals surface area contributed by atoms with Crippen LogP contribution in [0.4, 0.5) is 5.13 Å². The quantitative estimate of drug-likeness (QED) is 0.887. The number of aromatic nitrogens is 1. The molecule has 3 N–H and O–H groups in total. The smallest absolute Gasteiger partial charge is 0.185 e. The molecule has 1 heterocycles. The molecule has 1 atom stereocenters. The van der Waals surface area contributed by atoms with Gasteiger partial charge in [0.1, 0.15) is 5.75 Å². The summed E-state index contributed by atoms with van der Waals surface area (Å²) in [7, 11) is 3.93. The average molecular weight is 263 g/mol. The van der Waals surface area contributed by atoms with Crippen LogP contribution in [-0.4, -0.2) is 24.2 Å². The zero-order valence-corrected chi connectivity index (χ0v) is 11.3. The molecule has 2 rings (SSSR count). The van der Waals surface area contributed by atoms with Gasteiger partial charge in [0.05, 0.1) is 11.7 Å². The van der Waals surface area contributed by atoms with E-state index in [0.717, 1.165) is 22.8 Å². The monoisotopic (exact) mass is 263 g/mol. The van der Waals surface area contributed by atoms with Crippen LogP contribution in [0.5, 0.6) is 5.75 Å². The maximum absolute atomic E-state index is 9.22. The molecule has 0 saturated heterocycles. The van der Waals surface area contributed by atoms with Gasteiger partial charge >= 0.3 is 0 Å². The number of nitrogens with zero attached hydrogens (tertiary/aromatic N) is 2. The van der Waals surface area contributed by atoms with E-state index in [0.29, 0.717) is 0 Å². The SMILES string of the molecule is CN(C)c1nc([C@@H](N)Cc2ccc(O)cc2)cs1. The fourth-order valence-electron chi connectivity index (χ4n) is 1.64. The van der Waals surface area contributed by atoms with Gasteiger partial charge < -0.3 is 15.7 Å². The summed E-state index contributed by atoms with van der Waals surface area (Å²) in [5.74, 6) is 0.274. The van der Waals surface area contributed by atoms with Gasteiger partial charge in [-0.3, -0.25) is 0 Å². The summed E-state index contributed by atoms with van der Waals surface area (Å²) in [6.07, 6.45) is 0.719. The first kappa shape index (κ1) is 12.9. The summed E-state index contributed by atoms with van der Waals surface area (Å²) < 4.78 is 0. The van der Waals surface area contributed by atoms with E-state index in [1.54, 1.807) is 23.5 Å². The third-order valence-electron chi connectivity index (χ3n) is 2.66. The molecule has 0 unspecified atom stereocenters. The van der Waals surface area contributed by atoms with Crippen molar-refractivity contribution < 1.29 is 5.11 Å². The molecule has 0 radical (unpaired) electrons. The second-order valence-electron chi connectivity index (χ2n) is 4.43. The van der Waals surface area contributed by atoms with Gasteiger partial charge in [-0.2, -0.15) is 0 Å². The minimum atomic E-state index is -0.112. The molecule has 0 saturated carbocycles. The lowest BCUT2D eigenvalue weighted by atomic mass is 10.0. The number of nitrogens with two attached hydrogens (primary N) is 1. The first-order valence-electron chi connectivity index (χ1n) is 5.72. The Morgan fingerprint density at radius 1 is 1.33 bits per heavy atom. The number of anilines is 1. The molecule has 0 aliphatic rings. The average Bonchev–Trinajstić information content (AvgIpc) is 2.81. The summed E-state index contributed by atoms with van der Waals surface area (Å²) in [5.41, 5.74) is 8.15. The van der Waals surface area contributed by atoms with Crippen molar-refractivity contribution in [2.75, 3.05) is 19.0 Å². The number of rotatable bonds is 4. The molecule has 0 aliphatic carbocycles. The van der Waals surface area contributed by atoms with Crippen LogP contribution in [0.3, 0.4) is 0 Å². The first-order valence-corrected chi connectivity index (χ1v) is 6.60. The van der Waals surface area contributed by atoms with Crippen molar-refractivity contribution in [2.45, 2.75) is 12.5 Å². The van der Waals surface area contributed by atoms with Crippen LogP contribution in [0.15, 0.2) is 29.6 Å². The molecule has 0 amide bonds. The predicted molar refractivity (Wildman–Crippen MR) is 75.2 cm³/mol. The lowest BCUT2D eigenvalue weighted by molar-refractivity contribution is 0.475. The van der Waals surface area contributed by atoms with Crippen LogP contribution < -0.4 is 10.6 Å². The van der Waals surface area contributed by atoms with Gasteiger partial charge in [-0.15, -0.1) is 11.3 Å². The van der Waals surface area contributed by atoms with Crippen molar-refractivity contribution in [3.8, 4) is 5.75 Å². The summed E-state index contributed by atoms with van der Waals surface area (Å²) in [6, 6.07) is 7.01. The second kappa shape index (κ2) is 5.37. The van der Waals surface area contributed by atoms with Crippen LogP contribution in [0.2, 0.25) is 0 Å². The molecule has 96 valence electrons. The second-order valence-corrected chi connectivity index (χ2v) is 5.26.